The molecule has 0 aliphatic carbocycles. The molecule has 0 saturated carbocycles. The molecule has 0 aliphatic heterocycles. The lowest BCUT2D eigenvalue weighted by Gasteiger charge is -2.07. The van der Waals surface area contributed by atoms with Crippen molar-refractivity contribution in [3.63, 3.8) is 0 Å². The first-order valence-electron chi connectivity index (χ1n) is 6.61. The number of hydrogen-bond acceptors (Lipinski definition) is 4. The SMILES string of the molecule is CCCc1nn(C)c(C(N)=O)c1NC(=O)c1cccnc1. The lowest BCUT2D eigenvalue weighted by molar-refractivity contribution is 0.0992. The van der Waals surface area contributed by atoms with Gasteiger partial charge < -0.3 is 11.1 Å². The number of nitrogens with two attached hydrogens (primary N) is 1. The van der Waals surface area contributed by atoms with E-state index in [1.54, 1.807) is 25.4 Å². The fourth-order valence-electron chi connectivity index (χ4n) is 2.09. The molecule has 7 nitrogen and oxygen atoms in total. The van der Waals surface area contributed by atoms with E-state index in [1.807, 2.05) is 6.92 Å². The highest BCUT2D eigenvalue weighted by Crippen LogP contribution is 2.22. The molecular formula is C14H17N5O2. The Morgan fingerprint density at radius 2 is 2.19 bits per heavy atom. The molecule has 0 aliphatic rings. The van der Waals surface area contributed by atoms with Gasteiger partial charge in [0.2, 0.25) is 0 Å². The van der Waals surface area contributed by atoms with Crippen molar-refractivity contribution >= 4 is 17.5 Å². The van der Waals surface area contributed by atoms with Crippen molar-refractivity contribution in [2.24, 2.45) is 12.8 Å². The second kappa shape index (κ2) is 6.17. The molecule has 110 valence electrons. The molecule has 0 aromatic carbocycles. The molecule has 3 N–H and O–H groups in total. The number of aryl methyl sites for hydroxylation is 2. The molecule has 2 rings (SSSR count). The van der Waals surface area contributed by atoms with Gasteiger partial charge in [-0.25, -0.2) is 0 Å². The smallest absolute Gasteiger partial charge is 0.269 e. The first-order chi connectivity index (χ1) is 10.0. The first kappa shape index (κ1) is 14.7. The van der Waals surface area contributed by atoms with Crippen LogP contribution in [0.4, 0.5) is 5.69 Å². The van der Waals surface area contributed by atoms with Crippen molar-refractivity contribution in [2.45, 2.75) is 19.8 Å². The molecule has 0 spiro atoms. The van der Waals surface area contributed by atoms with Gasteiger partial charge in [0, 0.05) is 19.4 Å². The highest BCUT2D eigenvalue weighted by Gasteiger charge is 2.21. The number of aromatic nitrogens is 3. The lowest BCUT2D eigenvalue weighted by atomic mass is 10.2. The van der Waals surface area contributed by atoms with Crippen LogP contribution in [0.25, 0.3) is 0 Å². The van der Waals surface area contributed by atoms with E-state index in [0.717, 1.165) is 6.42 Å². The van der Waals surface area contributed by atoms with E-state index in [4.69, 9.17) is 5.73 Å². The van der Waals surface area contributed by atoms with Gasteiger partial charge in [-0.2, -0.15) is 5.10 Å². The highest BCUT2D eigenvalue weighted by atomic mass is 16.2. The maximum Gasteiger partial charge on any atom is 0.269 e. The molecule has 0 unspecified atom stereocenters. The van der Waals surface area contributed by atoms with Gasteiger partial charge in [-0.15, -0.1) is 0 Å². The van der Waals surface area contributed by atoms with Crippen LogP contribution in [-0.4, -0.2) is 26.6 Å². The average molecular weight is 287 g/mol. The van der Waals surface area contributed by atoms with Crippen LogP contribution in [0.5, 0.6) is 0 Å². The van der Waals surface area contributed by atoms with Crippen LogP contribution >= 0.6 is 0 Å². The van der Waals surface area contributed by atoms with Gasteiger partial charge in [0.25, 0.3) is 11.8 Å². The number of carbonyl (C=O) groups excluding carboxylic acids is 2. The van der Waals surface area contributed by atoms with Crippen molar-refractivity contribution in [3.8, 4) is 0 Å². The molecule has 0 saturated heterocycles. The largest absolute Gasteiger partial charge is 0.364 e. The van der Waals surface area contributed by atoms with Crippen molar-refractivity contribution in [2.75, 3.05) is 5.32 Å². The average Bonchev–Trinajstić information content (AvgIpc) is 2.76. The zero-order valence-electron chi connectivity index (χ0n) is 12.0. The normalized spacial score (nSPS) is 10.4. The van der Waals surface area contributed by atoms with E-state index >= 15 is 0 Å². The number of rotatable bonds is 5. The summed E-state index contributed by atoms with van der Waals surface area (Å²) in [6.07, 6.45) is 4.52. The lowest BCUT2D eigenvalue weighted by Crippen LogP contribution is -2.20. The fraction of sp³-hybridized carbons (Fsp3) is 0.286. The summed E-state index contributed by atoms with van der Waals surface area (Å²) in [5.74, 6) is -0.982. The number of carbonyl (C=O) groups is 2. The van der Waals surface area contributed by atoms with Crippen LogP contribution in [0.1, 0.15) is 39.9 Å². The van der Waals surface area contributed by atoms with Crippen molar-refractivity contribution in [1.82, 2.24) is 14.8 Å². The van der Waals surface area contributed by atoms with Crippen molar-refractivity contribution in [1.29, 1.82) is 0 Å². The number of amides is 2. The highest BCUT2D eigenvalue weighted by molar-refractivity contribution is 6.08. The maximum absolute atomic E-state index is 12.2. The third-order valence-corrected chi connectivity index (χ3v) is 3.00. The molecule has 0 bridgehead atoms. The van der Waals surface area contributed by atoms with Crippen LogP contribution in [0.15, 0.2) is 24.5 Å². The van der Waals surface area contributed by atoms with Gasteiger partial charge >= 0.3 is 0 Å². The monoisotopic (exact) mass is 287 g/mol. The fourth-order valence-corrected chi connectivity index (χ4v) is 2.09. The van der Waals surface area contributed by atoms with E-state index in [2.05, 4.69) is 15.4 Å². The summed E-state index contributed by atoms with van der Waals surface area (Å²) >= 11 is 0. The van der Waals surface area contributed by atoms with Crippen LogP contribution in [-0.2, 0) is 13.5 Å². The Morgan fingerprint density at radius 3 is 2.76 bits per heavy atom. The van der Waals surface area contributed by atoms with Crippen LogP contribution in [0.2, 0.25) is 0 Å². The molecule has 0 fully saturated rings. The topological polar surface area (TPSA) is 103 Å². The Hall–Kier alpha value is -2.70. The van der Waals surface area contributed by atoms with Crippen LogP contribution in [0, 0.1) is 0 Å². The number of nitrogens with one attached hydrogen (secondary N) is 1. The van der Waals surface area contributed by atoms with E-state index < -0.39 is 5.91 Å². The molecule has 7 heteroatoms. The van der Waals surface area contributed by atoms with E-state index in [9.17, 15) is 9.59 Å². The summed E-state index contributed by atoms with van der Waals surface area (Å²) in [5.41, 5.74) is 6.99. The standard InChI is InChI=1S/C14H17N5O2/c1-3-5-10-11(12(13(15)20)19(2)18-10)17-14(21)9-6-4-7-16-8-9/h4,6-8H,3,5H2,1-2H3,(H2,15,20)(H,17,21). The second-order valence-corrected chi connectivity index (χ2v) is 4.60. The Labute approximate surface area is 122 Å². The Bertz CT molecular complexity index is 664. The summed E-state index contributed by atoms with van der Waals surface area (Å²) in [7, 11) is 1.62. The summed E-state index contributed by atoms with van der Waals surface area (Å²) in [6, 6.07) is 3.31. The summed E-state index contributed by atoms with van der Waals surface area (Å²) in [4.78, 5) is 27.7. The number of hydrogen-bond donors (Lipinski definition) is 2. The maximum atomic E-state index is 12.2. The number of nitrogens with zero attached hydrogens (tertiary/aromatic N) is 3. The third-order valence-electron chi connectivity index (χ3n) is 3.00. The molecule has 2 aromatic rings. The first-order valence-corrected chi connectivity index (χ1v) is 6.61. The quantitative estimate of drug-likeness (QED) is 0.860. The number of pyridine rings is 1. The molecule has 2 amide bonds. The molecule has 2 aromatic heterocycles. The Balaban J connectivity index is 2.38. The van der Waals surface area contributed by atoms with E-state index in [-0.39, 0.29) is 11.6 Å². The predicted octanol–water partition coefficient (Wildman–Crippen LogP) is 1.12. The minimum Gasteiger partial charge on any atom is -0.364 e. The van der Waals surface area contributed by atoms with E-state index in [1.165, 1.54) is 10.9 Å². The summed E-state index contributed by atoms with van der Waals surface area (Å²) in [6.45, 7) is 1.99. The summed E-state index contributed by atoms with van der Waals surface area (Å²) < 4.78 is 1.40. The predicted molar refractivity (Wildman–Crippen MR) is 77.9 cm³/mol. The van der Waals surface area contributed by atoms with Gasteiger partial charge in [0.1, 0.15) is 5.69 Å². The zero-order chi connectivity index (χ0) is 15.4. The molecule has 0 atom stereocenters. The number of anilines is 1. The Kier molecular flexibility index (Phi) is 4.32. The van der Waals surface area contributed by atoms with Gasteiger partial charge in [0.05, 0.1) is 16.9 Å². The zero-order valence-corrected chi connectivity index (χ0v) is 12.0. The van der Waals surface area contributed by atoms with Gasteiger partial charge in [-0.05, 0) is 18.6 Å². The Morgan fingerprint density at radius 1 is 1.43 bits per heavy atom. The minimum atomic E-state index is -0.631. The second-order valence-electron chi connectivity index (χ2n) is 4.60. The van der Waals surface area contributed by atoms with Gasteiger partial charge in [-0.1, -0.05) is 13.3 Å². The van der Waals surface area contributed by atoms with Crippen molar-refractivity contribution < 1.29 is 9.59 Å². The number of primary amides is 1. The summed E-state index contributed by atoms with van der Waals surface area (Å²) in [5, 5.41) is 6.97. The van der Waals surface area contributed by atoms with E-state index in [0.29, 0.717) is 23.4 Å². The van der Waals surface area contributed by atoms with Crippen LogP contribution < -0.4 is 11.1 Å². The molecule has 2 heterocycles. The van der Waals surface area contributed by atoms with Crippen molar-refractivity contribution in [3.05, 3.63) is 41.5 Å². The van der Waals surface area contributed by atoms with Gasteiger partial charge in [0.15, 0.2) is 0 Å². The third kappa shape index (κ3) is 3.07. The molecule has 0 radical (unpaired) electrons. The van der Waals surface area contributed by atoms with Gasteiger partial charge in [-0.3, -0.25) is 19.3 Å². The molecule has 21 heavy (non-hydrogen) atoms. The minimum absolute atomic E-state index is 0.190. The van der Waals surface area contributed by atoms with Crippen LogP contribution in [0.3, 0.4) is 0 Å². The molecular weight excluding hydrogens is 270 g/mol.